The van der Waals surface area contributed by atoms with E-state index >= 15 is 0 Å². The van der Waals surface area contributed by atoms with Gasteiger partial charge in [-0.1, -0.05) is 0 Å². The van der Waals surface area contributed by atoms with Gasteiger partial charge in [-0.05, 0) is 36.4 Å². The van der Waals surface area contributed by atoms with E-state index in [0.717, 1.165) is 11.6 Å². The van der Waals surface area contributed by atoms with E-state index in [-0.39, 0.29) is 10.8 Å². The number of anilines is 3. The molecule has 1 aliphatic rings. The van der Waals surface area contributed by atoms with Crippen LogP contribution in [0.1, 0.15) is 6.92 Å². The van der Waals surface area contributed by atoms with E-state index in [2.05, 4.69) is 15.5 Å². The highest BCUT2D eigenvalue weighted by Crippen LogP contribution is 2.22. The van der Waals surface area contributed by atoms with Crippen molar-refractivity contribution in [3.05, 3.63) is 36.4 Å². The van der Waals surface area contributed by atoms with Gasteiger partial charge >= 0.3 is 0 Å². The van der Waals surface area contributed by atoms with Gasteiger partial charge in [0.15, 0.2) is 11.6 Å². The highest BCUT2D eigenvalue weighted by atomic mass is 32.2. The molecule has 1 aliphatic heterocycles. The second-order valence-electron chi connectivity index (χ2n) is 6.74. The zero-order valence-electron chi connectivity index (χ0n) is 16.2. The molecule has 0 aliphatic carbocycles. The van der Waals surface area contributed by atoms with Crippen molar-refractivity contribution in [2.75, 3.05) is 55.4 Å². The van der Waals surface area contributed by atoms with E-state index in [1.165, 1.54) is 23.4 Å². The number of hydrogen-bond donors (Lipinski definition) is 1. The van der Waals surface area contributed by atoms with Crippen LogP contribution in [0.15, 0.2) is 41.3 Å². The Bertz CT molecular complexity index is 921. The second-order valence-corrected chi connectivity index (χ2v) is 8.68. The summed E-state index contributed by atoms with van der Waals surface area (Å²) in [5.74, 6) is 1.31. The van der Waals surface area contributed by atoms with Crippen LogP contribution in [0.5, 0.6) is 0 Å². The average molecular weight is 404 g/mol. The molecule has 9 nitrogen and oxygen atoms in total. The molecule has 28 heavy (non-hydrogen) atoms. The Morgan fingerprint density at radius 2 is 1.64 bits per heavy atom. The van der Waals surface area contributed by atoms with Gasteiger partial charge in [0, 0.05) is 52.9 Å². The molecule has 2 heterocycles. The van der Waals surface area contributed by atoms with Crippen LogP contribution in [0, 0.1) is 0 Å². The van der Waals surface area contributed by atoms with E-state index in [9.17, 15) is 13.2 Å². The van der Waals surface area contributed by atoms with E-state index in [0.29, 0.717) is 31.9 Å². The Labute approximate surface area is 165 Å². The molecule has 1 N–H and O–H groups in total. The molecule has 0 radical (unpaired) electrons. The predicted octanol–water partition coefficient (Wildman–Crippen LogP) is 1.01. The fourth-order valence-corrected chi connectivity index (χ4v) is 4.37. The first kappa shape index (κ1) is 20.0. The first-order valence-corrected chi connectivity index (χ1v) is 10.4. The Hall–Kier alpha value is -2.72. The molecule has 1 amide bonds. The number of rotatable bonds is 5. The average Bonchev–Trinajstić information content (AvgIpc) is 2.68. The number of aromatic nitrogens is 2. The molecule has 3 rings (SSSR count). The number of nitrogens with zero attached hydrogens (tertiary/aromatic N) is 5. The van der Waals surface area contributed by atoms with Gasteiger partial charge < -0.3 is 15.1 Å². The molecule has 0 atom stereocenters. The lowest BCUT2D eigenvalue weighted by Crippen LogP contribution is -2.49. The first-order chi connectivity index (χ1) is 13.3. The van der Waals surface area contributed by atoms with Gasteiger partial charge in [-0.25, -0.2) is 8.42 Å². The molecule has 1 saturated heterocycles. The number of carbonyl (C=O) groups excluding carboxylic acids is 1. The molecule has 0 unspecified atom stereocenters. The Morgan fingerprint density at radius 1 is 1.00 bits per heavy atom. The van der Waals surface area contributed by atoms with Crippen LogP contribution in [0.25, 0.3) is 0 Å². The molecular formula is C18H24N6O3S. The number of benzene rings is 1. The quantitative estimate of drug-likeness (QED) is 0.794. The highest BCUT2D eigenvalue weighted by molar-refractivity contribution is 7.89. The summed E-state index contributed by atoms with van der Waals surface area (Å²) in [4.78, 5) is 15.2. The van der Waals surface area contributed by atoms with Crippen molar-refractivity contribution in [2.45, 2.75) is 11.8 Å². The third-order valence-electron chi connectivity index (χ3n) is 4.47. The zero-order valence-corrected chi connectivity index (χ0v) is 17.0. The van der Waals surface area contributed by atoms with Gasteiger partial charge in [0.1, 0.15) is 0 Å². The summed E-state index contributed by atoms with van der Waals surface area (Å²) in [6, 6.07) is 9.99. The van der Waals surface area contributed by atoms with Crippen LogP contribution in [-0.4, -0.2) is 69.1 Å². The molecule has 1 fully saturated rings. The van der Waals surface area contributed by atoms with E-state index in [4.69, 9.17) is 0 Å². The first-order valence-electron chi connectivity index (χ1n) is 8.91. The summed E-state index contributed by atoms with van der Waals surface area (Å²) in [5, 5.41) is 11.0. The molecule has 2 aromatic rings. The summed E-state index contributed by atoms with van der Waals surface area (Å²) in [7, 11) is 0.218. The number of hydrogen-bond acceptors (Lipinski definition) is 7. The molecular weight excluding hydrogens is 380 g/mol. The summed E-state index contributed by atoms with van der Waals surface area (Å²) >= 11 is 0. The molecule has 0 saturated carbocycles. The summed E-state index contributed by atoms with van der Waals surface area (Å²) in [6.45, 7) is 3.22. The van der Waals surface area contributed by atoms with Crippen LogP contribution < -0.4 is 15.1 Å². The van der Waals surface area contributed by atoms with Gasteiger partial charge in [0.05, 0.1) is 4.90 Å². The van der Waals surface area contributed by atoms with E-state index in [1.54, 1.807) is 12.1 Å². The van der Waals surface area contributed by atoms with Crippen LogP contribution in [0.3, 0.4) is 0 Å². The standard InChI is InChI=1S/C18H24N6O3S/c1-14(25)19-15-4-6-16(7-5-15)28(26,27)24-12-10-23(11-13-24)18-9-8-17(20-21-18)22(2)3/h4-9H,10-13H2,1-3H3,(H,19,25). The van der Waals surface area contributed by atoms with Crippen molar-refractivity contribution in [2.24, 2.45) is 0 Å². The van der Waals surface area contributed by atoms with E-state index in [1.807, 2.05) is 36.0 Å². The third-order valence-corrected chi connectivity index (χ3v) is 6.38. The number of amides is 1. The van der Waals surface area contributed by atoms with Crippen molar-refractivity contribution in [3.63, 3.8) is 0 Å². The maximum absolute atomic E-state index is 12.9. The van der Waals surface area contributed by atoms with Crippen LogP contribution >= 0.6 is 0 Å². The van der Waals surface area contributed by atoms with Crippen molar-refractivity contribution in [1.82, 2.24) is 14.5 Å². The normalized spacial score (nSPS) is 15.3. The lowest BCUT2D eigenvalue weighted by atomic mass is 10.3. The lowest BCUT2D eigenvalue weighted by Gasteiger charge is -2.34. The van der Waals surface area contributed by atoms with Gasteiger partial charge in [0.2, 0.25) is 15.9 Å². The minimum Gasteiger partial charge on any atom is -0.361 e. The minimum atomic E-state index is -3.58. The van der Waals surface area contributed by atoms with Crippen molar-refractivity contribution < 1.29 is 13.2 Å². The SMILES string of the molecule is CC(=O)Nc1ccc(S(=O)(=O)N2CCN(c3ccc(N(C)C)nn3)CC2)cc1. The van der Waals surface area contributed by atoms with Crippen LogP contribution in [-0.2, 0) is 14.8 Å². The van der Waals surface area contributed by atoms with Crippen molar-refractivity contribution in [3.8, 4) is 0 Å². The second kappa shape index (κ2) is 8.11. The lowest BCUT2D eigenvalue weighted by molar-refractivity contribution is -0.114. The molecule has 0 bridgehead atoms. The summed E-state index contributed by atoms with van der Waals surface area (Å²) < 4.78 is 27.2. The fourth-order valence-electron chi connectivity index (χ4n) is 2.95. The fraction of sp³-hybridized carbons (Fsp3) is 0.389. The minimum absolute atomic E-state index is 0.201. The van der Waals surface area contributed by atoms with Crippen molar-refractivity contribution in [1.29, 1.82) is 0 Å². The molecule has 0 spiro atoms. The van der Waals surface area contributed by atoms with Gasteiger partial charge in [-0.15, -0.1) is 10.2 Å². The molecule has 1 aromatic carbocycles. The van der Waals surface area contributed by atoms with Gasteiger partial charge in [-0.2, -0.15) is 4.31 Å². The number of nitrogens with one attached hydrogen (secondary N) is 1. The highest BCUT2D eigenvalue weighted by Gasteiger charge is 2.29. The van der Waals surface area contributed by atoms with Crippen molar-refractivity contribution >= 4 is 33.3 Å². The largest absolute Gasteiger partial charge is 0.361 e. The number of sulfonamides is 1. The van der Waals surface area contributed by atoms with Crippen LogP contribution in [0.4, 0.5) is 17.3 Å². The zero-order chi connectivity index (χ0) is 20.3. The van der Waals surface area contributed by atoms with E-state index < -0.39 is 10.0 Å². The molecule has 150 valence electrons. The topological polar surface area (TPSA) is 98.7 Å². The monoisotopic (exact) mass is 404 g/mol. The Morgan fingerprint density at radius 3 is 2.14 bits per heavy atom. The van der Waals surface area contributed by atoms with Crippen LogP contribution in [0.2, 0.25) is 0 Å². The predicted molar refractivity (Wildman–Crippen MR) is 108 cm³/mol. The summed E-state index contributed by atoms with van der Waals surface area (Å²) in [6.07, 6.45) is 0. The summed E-state index contributed by atoms with van der Waals surface area (Å²) in [5.41, 5.74) is 0.566. The Balaban J connectivity index is 1.65. The Kier molecular flexibility index (Phi) is 5.80. The van der Waals surface area contributed by atoms with Gasteiger partial charge in [0.25, 0.3) is 0 Å². The number of carbonyl (C=O) groups is 1. The smallest absolute Gasteiger partial charge is 0.243 e. The number of piperazine rings is 1. The maximum atomic E-state index is 12.9. The molecule has 10 heteroatoms. The molecule has 1 aromatic heterocycles. The maximum Gasteiger partial charge on any atom is 0.243 e. The third kappa shape index (κ3) is 4.39. The van der Waals surface area contributed by atoms with Gasteiger partial charge in [-0.3, -0.25) is 4.79 Å².